The molecule has 9 nitrogen and oxygen atoms in total. The van der Waals surface area contributed by atoms with Crippen LogP contribution in [0.15, 0.2) is 35.2 Å². The molecule has 0 bridgehead atoms. The molecule has 1 saturated heterocycles. The van der Waals surface area contributed by atoms with E-state index in [1.54, 1.807) is 37.3 Å². The van der Waals surface area contributed by atoms with Crippen LogP contribution < -0.4 is 18.9 Å². The van der Waals surface area contributed by atoms with Gasteiger partial charge >= 0.3 is 5.97 Å². The van der Waals surface area contributed by atoms with E-state index in [2.05, 4.69) is 0 Å². The number of carboxylic acid groups (broad SMARTS) is 1. The summed E-state index contributed by atoms with van der Waals surface area (Å²) in [6.07, 6.45) is 1.48. The molecule has 0 spiro atoms. The summed E-state index contributed by atoms with van der Waals surface area (Å²) in [4.78, 5) is 37.8. The molecule has 0 saturated carbocycles. The summed E-state index contributed by atoms with van der Waals surface area (Å²) in [6.45, 7) is 1.56. The number of benzene rings is 2. The van der Waals surface area contributed by atoms with Crippen LogP contribution in [0.2, 0.25) is 5.02 Å². The van der Waals surface area contributed by atoms with E-state index in [-0.39, 0.29) is 24.0 Å². The van der Waals surface area contributed by atoms with Crippen molar-refractivity contribution in [2.45, 2.75) is 13.5 Å². The third kappa shape index (κ3) is 4.86. The number of hydrogen-bond acceptors (Lipinski definition) is 8. The zero-order chi connectivity index (χ0) is 23.5. The summed E-state index contributed by atoms with van der Waals surface area (Å²) < 4.78 is 21.5. The lowest BCUT2D eigenvalue weighted by Gasteiger charge is -2.14. The number of carboxylic acids is 1. The first-order valence-electron chi connectivity index (χ1n) is 9.81. The maximum absolute atomic E-state index is 13.0. The molecule has 0 unspecified atom stereocenters. The first-order chi connectivity index (χ1) is 15.9. The van der Waals surface area contributed by atoms with Gasteiger partial charge in [0.1, 0.15) is 0 Å². The molecule has 2 aromatic carbocycles. The van der Waals surface area contributed by atoms with Gasteiger partial charge in [-0.3, -0.25) is 14.5 Å². The van der Waals surface area contributed by atoms with Gasteiger partial charge < -0.3 is 24.1 Å². The van der Waals surface area contributed by atoms with Gasteiger partial charge in [-0.1, -0.05) is 23.7 Å². The molecule has 2 aliphatic heterocycles. The van der Waals surface area contributed by atoms with Crippen molar-refractivity contribution in [3.8, 4) is 23.0 Å². The molecular formula is C22H18ClNO8S. The van der Waals surface area contributed by atoms with Gasteiger partial charge in [0.05, 0.1) is 18.1 Å². The maximum atomic E-state index is 13.0. The minimum Gasteiger partial charge on any atom is -0.490 e. The van der Waals surface area contributed by atoms with Crippen LogP contribution in [-0.2, 0) is 16.1 Å². The Morgan fingerprint density at radius 2 is 2.00 bits per heavy atom. The van der Waals surface area contributed by atoms with Crippen LogP contribution >= 0.6 is 23.4 Å². The highest BCUT2D eigenvalue weighted by Gasteiger charge is 2.36. The van der Waals surface area contributed by atoms with Crippen molar-refractivity contribution in [2.75, 3.05) is 20.0 Å². The Labute approximate surface area is 197 Å². The molecule has 0 atom stereocenters. The van der Waals surface area contributed by atoms with Gasteiger partial charge in [0, 0.05) is 16.7 Å². The van der Waals surface area contributed by atoms with Crippen LogP contribution in [0.4, 0.5) is 4.79 Å². The molecule has 1 fully saturated rings. The number of thioether (sulfide) groups is 1. The third-order valence-electron chi connectivity index (χ3n) is 4.68. The summed E-state index contributed by atoms with van der Waals surface area (Å²) in [5, 5.41) is 8.86. The van der Waals surface area contributed by atoms with Crippen LogP contribution in [0.1, 0.15) is 18.1 Å². The predicted molar refractivity (Wildman–Crippen MR) is 120 cm³/mol. The average molecular weight is 492 g/mol. The molecule has 2 heterocycles. The van der Waals surface area contributed by atoms with Crippen LogP contribution in [0, 0.1) is 0 Å². The van der Waals surface area contributed by atoms with Gasteiger partial charge in [0.15, 0.2) is 29.6 Å². The van der Waals surface area contributed by atoms with E-state index in [9.17, 15) is 14.4 Å². The molecule has 172 valence electrons. The van der Waals surface area contributed by atoms with Crippen molar-refractivity contribution < 1.29 is 38.4 Å². The summed E-state index contributed by atoms with van der Waals surface area (Å²) in [7, 11) is 0. The fraction of sp³-hybridized carbons (Fsp3) is 0.227. The van der Waals surface area contributed by atoms with Crippen molar-refractivity contribution in [1.82, 2.24) is 4.90 Å². The molecule has 0 aromatic heterocycles. The topological polar surface area (TPSA) is 112 Å². The highest BCUT2D eigenvalue weighted by molar-refractivity contribution is 8.18. The number of nitrogens with zero attached hydrogens (tertiary/aromatic N) is 1. The number of rotatable bonds is 8. The Morgan fingerprint density at radius 1 is 1.24 bits per heavy atom. The molecular weight excluding hydrogens is 474 g/mol. The van der Waals surface area contributed by atoms with E-state index in [1.807, 2.05) is 0 Å². The number of amides is 2. The molecule has 2 amide bonds. The molecule has 2 aromatic rings. The van der Waals surface area contributed by atoms with Gasteiger partial charge in [-0.2, -0.15) is 0 Å². The highest BCUT2D eigenvalue weighted by Crippen LogP contribution is 2.40. The van der Waals surface area contributed by atoms with Crippen LogP contribution in [0.3, 0.4) is 0 Å². The second kappa shape index (κ2) is 9.63. The van der Waals surface area contributed by atoms with E-state index < -0.39 is 23.7 Å². The van der Waals surface area contributed by atoms with E-state index in [1.165, 1.54) is 6.08 Å². The minimum atomic E-state index is -1.16. The lowest BCUT2D eigenvalue weighted by Crippen LogP contribution is -2.27. The summed E-state index contributed by atoms with van der Waals surface area (Å²) in [5.74, 6) is -0.171. The fourth-order valence-corrected chi connectivity index (χ4v) is 4.27. The number of carbonyl (C=O) groups excluding carboxylic acids is 2. The minimum absolute atomic E-state index is 0.0428. The van der Waals surface area contributed by atoms with Crippen molar-refractivity contribution >= 4 is 46.6 Å². The van der Waals surface area contributed by atoms with Crippen LogP contribution in [0.5, 0.6) is 23.0 Å². The lowest BCUT2D eigenvalue weighted by molar-refractivity contribution is -0.139. The standard InChI is InChI=1S/C22H18ClNO8S/c1-2-29-15-5-3-4-12(20(15)30-10-19(25)26)7-18-21(27)24(22(28)33-18)9-13-6-16-17(8-14(13)23)32-11-31-16/h3-8H,2,9-11H2,1H3,(H,25,26)/b18-7-. The van der Waals surface area contributed by atoms with E-state index in [4.69, 9.17) is 35.7 Å². The summed E-state index contributed by atoms with van der Waals surface area (Å²) in [6, 6.07) is 8.18. The Hall–Kier alpha value is -3.37. The van der Waals surface area contributed by atoms with Gasteiger partial charge in [-0.25, -0.2) is 4.79 Å². The predicted octanol–water partition coefficient (Wildman–Crippen LogP) is 4.17. The van der Waals surface area contributed by atoms with Crippen molar-refractivity contribution in [2.24, 2.45) is 0 Å². The molecule has 11 heteroatoms. The molecule has 1 N–H and O–H groups in total. The van der Waals surface area contributed by atoms with Gasteiger partial charge in [0.2, 0.25) is 6.79 Å². The lowest BCUT2D eigenvalue weighted by atomic mass is 10.1. The number of carbonyl (C=O) groups is 3. The van der Waals surface area contributed by atoms with E-state index >= 15 is 0 Å². The number of hydrogen-bond donors (Lipinski definition) is 1. The van der Waals surface area contributed by atoms with E-state index in [0.717, 1.165) is 16.7 Å². The second-order valence-corrected chi connectivity index (χ2v) is 8.26. The molecule has 0 aliphatic carbocycles. The Balaban J connectivity index is 1.61. The van der Waals surface area contributed by atoms with Crippen molar-refractivity contribution in [1.29, 1.82) is 0 Å². The molecule has 2 aliphatic rings. The number of para-hydroxylation sites is 1. The average Bonchev–Trinajstić information content (AvgIpc) is 3.32. The molecule has 0 radical (unpaired) electrons. The monoisotopic (exact) mass is 491 g/mol. The number of fused-ring (bicyclic) bond motifs is 1. The quantitative estimate of drug-likeness (QED) is 0.544. The summed E-state index contributed by atoms with van der Waals surface area (Å²) >= 11 is 7.06. The second-order valence-electron chi connectivity index (χ2n) is 6.85. The van der Waals surface area contributed by atoms with Gasteiger partial charge in [-0.15, -0.1) is 0 Å². The van der Waals surface area contributed by atoms with Crippen molar-refractivity contribution in [3.05, 3.63) is 51.4 Å². The summed E-state index contributed by atoms with van der Waals surface area (Å²) in [5.41, 5.74) is 0.946. The first kappa shape index (κ1) is 22.8. The normalized spacial score (nSPS) is 15.9. The smallest absolute Gasteiger partial charge is 0.341 e. The van der Waals surface area contributed by atoms with Crippen molar-refractivity contribution in [3.63, 3.8) is 0 Å². The fourth-order valence-electron chi connectivity index (χ4n) is 3.23. The Bertz CT molecular complexity index is 1170. The largest absolute Gasteiger partial charge is 0.490 e. The van der Waals surface area contributed by atoms with E-state index in [0.29, 0.717) is 40.0 Å². The number of aliphatic carboxylic acids is 1. The number of imide groups is 1. The number of halogens is 1. The zero-order valence-corrected chi connectivity index (χ0v) is 18.9. The maximum Gasteiger partial charge on any atom is 0.341 e. The molecule has 33 heavy (non-hydrogen) atoms. The SMILES string of the molecule is CCOc1cccc(/C=C2\SC(=O)N(Cc3cc4c(cc3Cl)OCO4)C2=O)c1OCC(=O)O. The zero-order valence-electron chi connectivity index (χ0n) is 17.3. The van der Waals surface area contributed by atoms with Gasteiger partial charge in [-0.05, 0) is 42.5 Å². The van der Waals surface area contributed by atoms with Gasteiger partial charge in [0.25, 0.3) is 11.1 Å². The highest BCUT2D eigenvalue weighted by atomic mass is 35.5. The molecule has 4 rings (SSSR count). The Kier molecular flexibility index (Phi) is 6.66. The first-order valence-corrected chi connectivity index (χ1v) is 11.0. The van der Waals surface area contributed by atoms with Crippen LogP contribution in [-0.4, -0.2) is 47.1 Å². The van der Waals surface area contributed by atoms with Crippen LogP contribution in [0.25, 0.3) is 6.08 Å². The third-order valence-corrected chi connectivity index (χ3v) is 5.94. The number of ether oxygens (including phenoxy) is 4. The Morgan fingerprint density at radius 3 is 2.73 bits per heavy atom.